The Balaban J connectivity index is 2.03. The highest BCUT2D eigenvalue weighted by Gasteiger charge is 2.13. The maximum atomic E-state index is 9.33. The molecule has 0 unspecified atom stereocenters. The Morgan fingerprint density at radius 2 is 2.05 bits per heavy atom. The van der Waals surface area contributed by atoms with E-state index in [4.69, 9.17) is 11.6 Å². The van der Waals surface area contributed by atoms with Crippen LogP contribution < -0.4 is 5.32 Å². The molecule has 0 radical (unpaired) electrons. The molecule has 2 aromatic heterocycles. The molecule has 22 heavy (non-hydrogen) atoms. The van der Waals surface area contributed by atoms with Crippen LogP contribution >= 0.6 is 11.6 Å². The van der Waals surface area contributed by atoms with Crippen LogP contribution in [-0.2, 0) is 0 Å². The van der Waals surface area contributed by atoms with Gasteiger partial charge in [0.2, 0.25) is 0 Å². The molecule has 0 spiro atoms. The molecule has 2 N–H and O–H groups in total. The van der Waals surface area contributed by atoms with Gasteiger partial charge in [0.25, 0.3) is 0 Å². The zero-order valence-electron chi connectivity index (χ0n) is 12.1. The summed E-state index contributed by atoms with van der Waals surface area (Å²) in [6, 6.07) is 7.34. The van der Waals surface area contributed by atoms with Crippen LogP contribution in [0.4, 0.5) is 5.82 Å². The summed E-state index contributed by atoms with van der Waals surface area (Å²) in [5.41, 5.74) is 1.57. The van der Waals surface area contributed by atoms with Crippen LogP contribution in [0.2, 0.25) is 5.02 Å². The predicted octanol–water partition coefficient (Wildman–Crippen LogP) is 2.65. The normalized spacial score (nSPS) is 12.5. The number of nitrogens with one attached hydrogen (secondary N) is 1. The number of fused-ring (bicyclic) bond motifs is 1. The number of aliphatic hydroxyl groups is 1. The van der Waals surface area contributed by atoms with Crippen LogP contribution in [0.3, 0.4) is 0 Å². The van der Waals surface area contributed by atoms with Gasteiger partial charge >= 0.3 is 0 Å². The van der Waals surface area contributed by atoms with Crippen LogP contribution in [-0.4, -0.2) is 37.5 Å². The molecule has 7 heteroatoms. The van der Waals surface area contributed by atoms with Gasteiger partial charge in [0.05, 0.1) is 29.9 Å². The molecule has 0 amide bonds. The summed E-state index contributed by atoms with van der Waals surface area (Å²) in [6.45, 7) is 2.05. The quantitative estimate of drug-likeness (QED) is 0.756. The molecular formula is C15H16ClN5O. The fourth-order valence-electron chi connectivity index (χ4n) is 2.20. The number of rotatable bonds is 5. The highest BCUT2D eigenvalue weighted by Crippen LogP contribution is 2.23. The first-order chi connectivity index (χ1) is 10.7. The summed E-state index contributed by atoms with van der Waals surface area (Å²) in [6.07, 6.45) is 4.01. The lowest BCUT2D eigenvalue weighted by Crippen LogP contribution is -2.23. The van der Waals surface area contributed by atoms with E-state index in [1.165, 1.54) is 6.33 Å². The monoisotopic (exact) mass is 317 g/mol. The van der Waals surface area contributed by atoms with E-state index in [0.29, 0.717) is 16.5 Å². The molecule has 0 bridgehead atoms. The minimum Gasteiger partial charge on any atom is -0.394 e. The highest BCUT2D eigenvalue weighted by atomic mass is 35.5. The summed E-state index contributed by atoms with van der Waals surface area (Å²) in [4.78, 5) is 8.57. The lowest BCUT2D eigenvalue weighted by Gasteiger charge is -2.14. The van der Waals surface area contributed by atoms with E-state index in [1.54, 1.807) is 10.9 Å². The Kier molecular flexibility index (Phi) is 4.22. The summed E-state index contributed by atoms with van der Waals surface area (Å²) in [5.74, 6) is 0.672. The van der Waals surface area contributed by atoms with Gasteiger partial charge in [-0.1, -0.05) is 18.5 Å². The summed E-state index contributed by atoms with van der Waals surface area (Å²) >= 11 is 5.92. The van der Waals surface area contributed by atoms with Gasteiger partial charge in [-0.3, -0.25) is 0 Å². The molecule has 0 aliphatic carbocycles. The fraction of sp³-hybridized carbons (Fsp3) is 0.267. The standard InChI is InChI=1S/C15H16ClN5O/c1-2-11(8-22)20-14-13-7-19-21(15(13)18-9-17-14)12-5-3-10(16)4-6-12/h3-7,9,11,22H,2,8H2,1H3,(H,17,18,20)/t11-/m1/s1. The summed E-state index contributed by atoms with van der Waals surface area (Å²) in [5, 5.41) is 18.4. The van der Waals surface area contributed by atoms with Gasteiger partial charge < -0.3 is 10.4 Å². The number of benzene rings is 1. The lowest BCUT2D eigenvalue weighted by atomic mass is 10.2. The molecule has 2 heterocycles. The van der Waals surface area contributed by atoms with Crippen molar-refractivity contribution < 1.29 is 5.11 Å². The van der Waals surface area contributed by atoms with Crippen LogP contribution in [0, 0.1) is 0 Å². The predicted molar refractivity (Wildman–Crippen MR) is 86.5 cm³/mol. The molecule has 0 aliphatic heterocycles. The van der Waals surface area contributed by atoms with Gasteiger partial charge in [-0.2, -0.15) is 5.10 Å². The Morgan fingerprint density at radius 1 is 1.27 bits per heavy atom. The molecule has 1 atom stereocenters. The first kappa shape index (κ1) is 14.7. The molecule has 0 saturated carbocycles. The number of hydrogen-bond acceptors (Lipinski definition) is 5. The summed E-state index contributed by atoms with van der Waals surface area (Å²) < 4.78 is 1.73. The third-order valence-electron chi connectivity index (χ3n) is 3.49. The number of anilines is 1. The molecule has 114 valence electrons. The first-order valence-electron chi connectivity index (χ1n) is 7.05. The number of nitrogens with zero attached hydrogens (tertiary/aromatic N) is 4. The third-order valence-corrected chi connectivity index (χ3v) is 3.74. The number of hydrogen-bond donors (Lipinski definition) is 2. The second-order valence-corrected chi connectivity index (χ2v) is 5.36. The second kappa shape index (κ2) is 6.29. The first-order valence-corrected chi connectivity index (χ1v) is 7.42. The molecule has 6 nitrogen and oxygen atoms in total. The van der Waals surface area contributed by atoms with E-state index >= 15 is 0 Å². The van der Waals surface area contributed by atoms with E-state index in [1.807, 2.05) is 31.2 Å². The zero-order chi connectivity index (χ0) is 15.5. The molecular weight excluding hydrogens is 302 g/mol. The van der Waals surface area contributed by atoms with Crippen molar-refractivity contribution in [3.8, 4) is 5.69 Å². The van der Waals surface area contributed by atoms with Crippen molar-refractivity contribution in [2.45, 2.75) is 19.4 Å². The van der Waals surface area contributed by atoms with E-state index < -0.39 is 0 Å². The topological polar surface area (TPSA) is 75.9 Å². The van der Waals surface area contributed by atoms with Crippen molar-refractivity contribution in [1.82, 2.24) is 19.7 Å². The molecule has 0 aliphatic rings. The van der Waals surface area contributed by atoms with Crippen LogP contribution in [0.1, 0.15) is 13.3 Å². The Hall–Kier alpha value is -2.18. The van der Waals surface area contributed by atoms with E-state index in [-0.39, 0.29) is 12.6 Å². The fourth-order valence-corrected chi connectivity index (χ4v) is 2.33. The van der Waals surface area contributed by atoms with E-state index in [9.17, 15) is 5.11 Å². The molecule has 1 aromatic carbocycles. The maximum absolute atomic E-state index is 9.33. The molecule has 3 aromatic rings. The van der Waals surface area contributed by atoms with Gasteiger partial charge in [0.15, 0.2) is 5.65 Å². The van der Waals surface area contributed by atoms with Gasteiger partial charge in [-0.15, -0.1) is 0 Å². The minimum absolute atomic E-state index is 0.0445. The summed E-state index contributed by atoms with van der Waals surface area (Å²) in [7, 11) is 0. The van der Waals surface area contributed by atoms with Crippen LogP contribution in [0.25, 0.3) is 16.7 Å². The SMILES string of the molecule is CC[C@H](CO)Nc1ncnc2c1cnn2-c1ccc(Cl)cc1. The van der Waals surface area contributed by atoms with Crippen molar-refractivity contribution in [2.75, 3.05) is 11.9 Å². The smallest absolute Gasteiger partial charge is 0.168 e. The second-order valence-electron chi connectivity index (χ2n) is 4.92. The lowest BCUT2D eigenvalue weighted by molar-refractivity contribution is 0.271. The zero-order valence-corrected chi connectivity index (χ0v) is 12.8. The Morgan fingerprint density at radius 3 is 2.73 bits per heavy atom. The molecule has 0 fully saturated rings. The maximum Gasteiger partial charge on any atom is 0.168 e. The molecule has 3 rings (SSSR count). The van der Waals surface area contributed by atoms with Crippen molar-refractivity contribution >= 4 is 28.5 Å². The van der Waals surface area contributed by atoms with Crippen LogP contribution in [0.5, 0.6) is 0 Å². The minimum atomic E-state index is -0.0445. The Labute approximate surface area is 132 Å². The van der Waals surface area contributed by atoms with Gasteiger partial charge in [-0.25, -0.2) is 14.6 Å². The number of aromatic nitrogens is 4. The van der Waals surface area contributed by atoms with Gasteiger partial charge in [0, 0.05) is 5.02 Å². The number of aliphatic hydroxyl groups excluding tert-OH is 1. The van der Waals surface area contributed by atoms with Gasteiger partial charge in [0.1, 0.15) is 12.1 Å². The van der Waals surface area contributed by atoms with Crippen molar-refractivity contribution in [1.29, 1.82) is 0 Å². The van der Waals surface area contributed by atoms with Crippen molar-refractivity contribution in [2.24, 2.45) is 0 Å². The van der Waals surface area contributed by atoms with Gasteiger partial charge in [-0.05, 0) is 30.7 Å². The molecule has 0 saturated heterocycles. The average molecular weight is 318 g/mol. The third kappa shape index (κ3) is 2.75. The van der Waals surface area contributed by atoms with E-state index in [2.05, 4.69) is 20.4 Å². The van der Waals surface area contributed by atoms with E-state index in [0.717, 1.165) is 17.5 Å². The van der Waals surface area contributed by atoms with Crippen LogP contribution in [0.15, 0.2) is 36.8 Å². The highest BCUT2D eigenvalue weighted by molar-refractivity contribution is 6.30. The Bertz CT molecular complexity index is 767. The largest absolute Gasteiger partial charge is 0.394 e. The van der Waals surface area contributed by atoms with Crippen molar-refractivity contribution in [3.63, 3.8) is 0 Å². The van der Waals surface area contributed by atoms with Crippen molar-refractivity contribution in [3.05, 3.63) is 41.8 Å². The average Bonchev–Trinajstić information content (AvgIpc) is 2.98. The number of halogens is 1.